The zero-order valence-electron chi connectivity index (χ0n) is 17.6. The maximum Gasteiger partial charge on any atom is 0.340 e. The van der Waals surface area contributed by atoms with Crippen molar-refractivity contribution in [3.05, 3.63) is 74.3 Å². The number of aromatic hydroxyl groups is 1. The molecule has 0 fully saturated rings. The fourth-order valence-corrected chi connectivity index (χ4v) is 3.23. The van der Waals surface area contributed by atoms with Crippen molar-refractivity contribution in [2.75, 3.05) is 21.3 Å². The van der Waals surface area contributed by atoms with Gasteiger partial charge in [-0.05, 0) is 17.8 Å². The summed E-state index contributed by atoms with van der Waals surface area (Å²) in [5, 5.41) is 10.7. The molecule has 2 aromatic carbocycles. The van der Waals surface area contributed by atoms with Crippen LogP contribution >= 0.6 is 12.2 Å². The fourth-order valence-electron chi connectivity index (χ4n) is 2.99. The number of aromatic nitrogens is 2. The molecule has 1 aromatic heterocycles. The number of hydrogen-bond donors (Lipinski definition) is 2. The quantitative estimate of drug-likeness (QED) is 0.319. The van der Waals surface area contributed by atoms with E-state index in [1.807, 2.05) is 30.3 Å². The second-order valence-electron chi connectivity index (χ2n) is 6.54. The molecule has 0 radical (unpaired) electrons. The minimum absolute atomic E-state index is 0.0647. The number of rotatable bonds is 7. The van der Waals surface area contributed by atoms with Gasteiger partial charge >= 0.3 is 5.97 Å². The summed E-state index contributed by atoms with van der Waals surface area (Å²) in [6.07, 6.45) is 1.15. The number of aromatic amines is 1. The second kappa shape index (κ2) is 9.92. The Bertz CT molecular complexity index is 1280. The van der Waals surface area contributed by atoms with Gasteiger partial charge in [-0.3, -0.25) is 19.3 Å². The Hall–Kier alpha value is -3.92. The maximum absolute atomic E-state index is 12.5. The normalized spacial score (nSPS) is 10.8. The van der Waals surface area contributed by atoms with Crippen molar-refractivity contribution in [3.8, 4) is 17.4 Å². The van der Waals surface area contributed by atoms with Gasteiger partial charge in [0.15, 0.2) is 16.3 Å². The van der Waals surface area contributed by atoms with Gasteiger partial charge in [0, 0.05) is 18.3 Å². The van der Waals surface area contributed by atoms with Crippen LogP contribution in [0, 0.1) is 4.77 Å². The van der Waals surface area contributed by atoms with Crippen molar-refractivity contribution in [2.45, 2.75) is 6.54 Å². The summed E-state index contributed by atoms with van der Waals surface area (Å²) >= 11 is 5.21. The number of benzene rings is 2. The van der Waals surface area contributed by atoms with Gasteiger partial charge in [-0.25, -0.2) is 4.79 Å². The standard InChI is InChI=1S/C22H21N3O6S/c1-29-17-9-14(21(28)31-3)16(10-18(17)30-2)23-11-15-19(26)24-22(32)25(20(15)27)12-13-7-5-4-6-8-13/h4-11,27H,12H2,1-3H3,(H,24,26,32). The van der Waals surface area contributed by atoms with Crippen LogP contribution in [-0.4, -0.2) is 48.2 Å². The monoisotopic (exact) mass is 455 g/mol. The number of carbonyl (C=O) groups excluding carboxylic acids is 1. The highest BCUT2D eigenvalue weighted by Crippen LogP contribution is 2.35. The Balaban J connectivity index is 2.10. The third-order valence-corrected chi connectivity index (χ3v) is 4.95. The van der Waals surface area contributed by atoms with Gasteiger partial charge in [0.05, 0.1) is 39.1 Å². The summed E-state index contributed by atoms with van der Waals surface area (Å²) < 4.78 is 16.7. The minimum atomic E-state index is -0.656. The molecule has 0 aliphatic rings. The summed E-state index contributed by atoms with van der Waals surface area (Å²) in [4.78, 5) is 31.5. The Labute approximate surface area is 188 Å². The van der Waals surface area contributed by atoms with Gasteiger partial charge in [-0.15, -0.1) is 0 Å². The van der Waals surface area contributed by atoms with E-state index in [1.165, 1.54) is 38.0 Å². The Morgan fingerprint density at radius 3 is 2.44 bits per heavy atom. The maximum atomic E-state index is 12.5. The van der Waals surface area contributed by atoms with Gasteiger partial charge in [0.1, 0.15) is 5.56 Å². The van der Waals surface area contributed by atoms with Crippen molar-refractivity contribution in [1.29, 1.82) is 0 Å². The largest absolute Gasteiger partial charge is 0.494 e. The lowest BCUT2D eigenvalue weighted by molar-refractivity contribution is 0.0601. The molecule has 3 rings (SSSR count). The first kappa shape index (κ1) is 22.8. The van der Waals surface area contributed by atoms with Crippen LogP contribution in [0.1, 0.15) is 21.5 Å². The molecule has 1 heterocycles. The average molecular weight is 455 g/mol. The number of ether oxygens (including phenoxy) is 3. The third-order valence-electron chi connectivity index (χ3n) is 4.63. The lowest BCUT2D eigenvalue weighted by atomic mass is 10.1. The Kier molecular flexibility index (Phi) is 7.06. The Morgan fingerprint density at radius 2 is 1.81 bits per heavy atom. The van der Waals surface area contributed by atoms with Crippen LogP contribution in [0.5, 0.6) is 17.4 Å². The molecule has 10 heteroatoms. The number of nitrogens with zero attached hydrogens (tertiary/aromatic N) is 2. The predicted molar refractivity (Wildman–Crippen MR) is 121 cm³/mol. The van der Waals surface area contributed by atoms with Gasteiger partial charge in [0.25, 0.3) is 5.56 Å². The van der Waals surface area contributed by atoms with Crippen LogP contribution in [0.2, 0.25) is 0 Å². The van der Waals surface area contributed by atoms with Crippen molar-refractivity contribution in [3.63, 3.8) is 0 Å². The molecule has 9 nitrogen and oxygen atoms in total. The number of carbonyl (C=O) groups is 1. The van der Waals surface area contributed by atoms with Crippen LogP contribution in [0.3, 0.4) is 0 Å². The summed E-state index contributed by atoms with van der Waals surface area (Å²) in [5.74, 6) is -0.378. The van der Waals surface area contributed by atoms with Crippen molar-refractivity contribution in [1.82, 2.24) is 9.55 Å². The molecule has 0 amide bonds. The molecule has 0 saturated carbocycles. The molecule has 2 N–H and O–H groups in total. The van der Waals surface area contributed by atoms with Gasteiger partial charge < -0.3 is 19.3 Å². The number of methoxy groups -OCH3 is 3. The van der Waals surface area contributed by atoms with Crippen LogP contribution in [-0.2, 0) is 11.3 Å². The molecule has 0 aliphatic heterocycles. The first-order valence-corrected chi connectivity index (χ1v) is 9.78. The van der Waals surface area contributed by atoms with Crippen LogP contribution in [0.4, 0.5) is 5.69 Å². The molecule has 3 aromatic rings. The van der Waals surface area contributed by atoms with Crippen molar-refractivity contribution in [2.24, 2.45) is 4.99 Å². The zero-order valence-corrected chi connectivity index (χ0v) is 18.4. The average Bonchev–Trinajstić information content (AvgIpc) is 2.81. The summed E-state index contributed by atoms with van der Waals surface area (Å²) in [5.41, 5.74) is 0.377. The third kappa shape index (κ3) is 4.70. The molecule has 0 spiro atoms. The van der Waals surface area contributed by atoms with Crippen LogP contribution < -0.4 is 15.0 Å². The summed E-state index contributed by atoms with van der Waals surface area (Å²) in [6.45, 7) is 0.243. The van der Waals surface area contributed by atoms with Crippen molar-refractivity contribution >= 4 is 30.1 Å². The topological polar surface area (TPSA) is 115 Å². The number of nitrogens with one attached hydrogen (secondary N) is 1. The fraction of sp³-hybridized carbons (Fsp3) is 0.182. The highest BCUT2D eigenvalue weighted by Gasteiger charge is 2.18. The molecule has 32 heavy (non-hydrogen) atoms. The minimum Gasteiger partial charge on any atom is -0.494 e. The van der Waals surface area contributed by atoms with E-state index in [0.717, 1.165) is 11.8 Å². The second-order valence-corrected chi connectivity index (χ2v) is 6.93. The summed E-state index contributed by atoms with van der Waals surface area (Å²) in [7, 11) is 4.10. The molecule has 0 aliphatic carbocycles. The van der Waals surface area contributed by atoms with E-state index in [9.17, 15) is 14.7 Å². The molecule has 0 saturated heterocycles. The highest BCUT2D eigenvalue weighted by molar-refractivity contribution is 7.71. The number of esters is 1. The van der Waals surface area contributed by atoms with E-state index < -0.39 is 11.5 Å². The lowest BCUT2D eigenvalue weighted by Crippen LogP contribution is -2.19. The first-order valence-electron chi connectivity index (χ1n) is 9.38. The molecular formula is C22H21N3O6S. The molecule has 166 valence electrons. The molecule has 0 bridgehead atoms. The van der Waals surface area contributed by atoms with Crippen LogP contribution in [0.15, 0.2) is 52.3 Å². The van der Waals surface area contributed by atoms with Crippen LogP contribution in [0.25, 0.3) is 0 Å². The SMILES string of the molecule is COC(=O)c1cc(OC)c(OC)cc1N=Cc1c(O)n(Cc2ccccc2)c(=S)[nH]c1=O. The van der Waals surface area contributed by atoms with E-state index in [2.05, 4.69) is 9.98 Å². The van der Waals surface area contributed by atoms with E-state index in [4.69, 9.17) is 26.4 Å². The van der Waals surface area contributed by atoms with E-state index >= 15 is 0 Å². The lowest BCUT2D eigenvalue weighted by Gasteiger charge is -2.12. The summed E-state index contributed by atoms with van der Waals surface area (Å²) in [6, 6.07) is 12.2. The van der Waals surface area contributed by atoms with Gasteiger partial charge in [-0.2, -0.15) is 0 Å². The van der Waals surface area contributed by atoms with Gasteiger partial charge in [0.2, 0.25) is 5.88 Å². The molecule has 0 atom stereocenters. The number of hydrogen-bond acceptors (Lipinski definition) is 8. The first-order chi connectivity index (χ1) is 15.4. The van der Waals surface area contributed by atoms with Gasteiger partial charge in [-0.1, -0.05) is 30.3 Å². The van der Waals surface area contributed by atoms with E-state index in [-0.39, 0.29) is 34.0 Å². The number of H-pyrrole nitrogens is 1. The molecule has 0 unspecified atom stereocenters. The Morgan fingerprint density at radius 1 is 1.16 bits per heavy atom. The smallest absolute Gasteiger partial charge is 0.340 e. The molecular weight excluding hydrogens is 434 g/mol. The zero-order chi connectivity index (χ0) is 23.3. The van der Waals surface area contributed by atoms with E-state index in [0.29, 0.717) is 11.5 Å². The predicted octanol–water partition coefficient (Wildman–Crippen LogP) is 3.21. The number of aliphatic imine (C=N–C) groups is 1. The highest BCUT2D eigenvalue weighted by atomic mass is 32.1. The van der Waals surface area contributed by atoms with Crippen molar-refractivity contribution < 1.29 is 24.1 Å². The van der Waals surface area contributed by atoms with E-state index in [1.54, 1.807) is 0 Å².